The average molecular weight is 427 g/mol. The first-order valence-electron chi connectivity index (χ1n) is 9.10. The third kappa shape index (κ3) is 3.89. The second kappa shape index (κ2) is 8.72. The second-order valence-electron chi connectivity index (χ2n) is 6.70. The quantitative estimate of drug-likeness (QED) is 0.441. The maximum atomic E-state index is 4.42. The van der Waals surface area contributed by atoms with Crippen molar-refractivity contribution in [2.45, 2.75) is 79.5 Å². The summed E-state index contributed by atoms with van der Waals surface area (Å²) < 4.78 is 8.88. The fourth-order valence-electron chi connectivity index (χ4n) is 3.81. The summed E-state index contributed by atoms with van der Waals surface area (Å²) in [4.78, 5) is 7.38. The van der Waals surface area contributed by atoms with Gasteiger partial charge in [-0.1, -0.05) is 0 Å². The van der Waals surface area contributed by atoms with Crippen LogP contribution in [-0.2, 0) is 0 Å². The fourth-order valence-corrected chi connectivity index (χ4v) is 23.9. The van der Waals surface area contributed by atoms with E-state index in [-0.39, 0.29) is 0 Å². The van der Waals surface area contributed by atoms with Crippen LogP contribution in [0.4, 0.5) is 0 Å². The van der Waals surface area contributed by atoms with Gasteiger partial charge in [0.2, 0.25) is 0 Å². The molecule has 2 rings (SSSR count). The number of rotatable bonds is 10. The number of unbranched alkanes of at least 4 members (excludes halogenated alkanes) is 3. The van der Waals surface area contributed by atoms with Gasteiger partial charge in [-0.3, -0.25) is 0 Å². The molecule has 0 spiro atoms. The molecule has 0 atom stereocenters. The Morgan fingerprint density at radius 2 is 1.55 bits per heavy atom. The summed E-state index contributed by atoms with van der Waals surface area (Å²) in [6.07, 6.45) is 12.4. The normalized spacial score (nSPS) is 12.4. The predicted octanol–water partition coefficient (Wildman–Crippen LogP) is 5.76. The number of thiazole rings is 1. The summed E-state index contributed by atoms with van der Waals surface area (Å²) >= 11 is -0.364. The SMILES string of the molecule is CCC[CH2][Sn]([CH2]CCC)([CH2]CCC)[c]1c(C)sc2cncn12. The van der Waals surface area contributed by atoms with Gasteiger partial charge >= 0.3 is 145 Å². The van der Waals surface area contributed by atoms with Gasteiger partial charge in [0, 0.05) is 0 Å². The minimum absolute atomic E-state index is 1.34. The number of hydrogen-bond acceptors (Lipinski definition) is 2. The molecule has 0 unspecified atom stereocenters. The summed E-state index contributed by atoms with van der Waals surface area (Å²) in [5.41, 5.74) is 0. The van der Waals surface area contributed by atoms with Crippen molar-refractivity contribution in [2.24, 2.45) is 0 Å². The Labute approximate surface area is 144 Å². The minimum atomic E-state index is -2.33. The molecule has 0 aliphatic rings. The van der Waals surface area contributed by atoms with Crippen molar-refractivity contribution in [1.82, 2.24) is 9.38 Å². The number of nitrogens with zero attached hydrogens (tertiary/aromatic N) is 2. The van der Waals surface area contributed by atoms with Crippen molar-refractivity contribution < 1.29 is 0 Å². The molecule has 0 fully saturated rings. The third-order valence-corrected chi connectivity index (χ3v) is 22.3. The van der Waals surface area contributed by atoms with Gasteiger partial charge in [-0.05, 0) is 0 Å². The van der Waals surface area contributed by atoms with E-state index in [1.54, 1.807) is 8.59 Å². The molecular formula is C18H32N2SSn. The molecule has 4 heteroatoms. The van der Waals surface area contributed by atoms with Crippen LogP contribution < -0.4 is 3.71 Å². The molecule has 2 heterocycles. The van der Waals surface area contributed by atoms with Gasteiger partial charge < -0.3 is 0 Å². The van der Waals surface area contributed by atoms with Gasteiger partial charge in [-0.15, -0.1) is 0 Å². The summed E-state index contributed by atoms with van der Waals surface area (Å²) in [6.45, 7) is 9.42. The van der Waals surface area contributed by atoms with Crippen molar-refractivity contribution in [1.29, 1.82) is 0 Å². The van der Waals surface area contributed by atoms with Crippen LogP contribution in [0.1, 0.15) is 64.2 Å². The van der Waals surface area contributed by atoms with Crippen LogP contribution in [0.5, 0.6) is 0 Å². The molecule has 0 saturated carbocycles. The summed E-state index contributed by atoms with van der Waals surface area (Å²) in [5.74, 6) is 0. The van der Waals surface area contributed by atoms with Crippen molar-refractivity contribution in [3.8, 4) is 0 Å². The number of aryl methyl sites for hydroxylation is 1. The van der Waals surface area contributed by atoms with Crippen LogP contribution in [0.15, 0.2) is 12.5 Å². The molecule has 22 heavy (non-hydrogen) atoms. The molecule has 0 aromatic carbocycles. The Hall–Kier alpha value is -0.0313. The zero-order valence-electron chi connectivity index (χ0n) is 14.8. The molecule has 124 valence electrons. The number of imidazole rings is 1. The molecule has 2 aromatic rings. The Kier molecular flexibility index (Phi) is 7.26. The Morgan fingerprint density at radius 1 is 1.00 bits per heavy atom. The monoisotopic (exact) mass is 428 g/mol. The van der Waals surface area contributed by atoms with Crippen LogP contribution in [0.3, 0.4) is 0 Å². The zero-order chi connectivity index (χ0) is 16.0. The first-order valence-corrected chi connectivity index (χ1v) is 17.4. The van der Waals surface area contributed by atoms with Gasteiger partial charge in [0.25, 0.3) is 0 Å². The number of hydrogen-bond donors (Lipinski definition) is 0. The Bertz CT molecular complexity index is 551. The van der Waals surface area contributed by atoms with Gasteiger partial charge in [0.1, 0.15) is 0 Å². The molecule has 0 amide bonds. The molecule has 2 nitrogen and oxygen atoms in total. The van der Waals surface area contributed by atoms with E-state index < -0.39 is 18.4 Å². The van der Waals surface area contributed by atoms with Crippen LogP contribution >= 0.6 is 11.3 Å². The summed E-state index contributed by atoms with van der Waals surface area (Å²) in [6, 6.07) is 0. The molecule has 0 N–H and O–H groups in total. The first-order chi connectivity index (χ1) is 10.7. The van der Waals surface area contributed by atoms with Crippen molar-refractivity contribution in [3.05, 3.63) is 17.4 Å². The molecule has 0 saturated heterocycles. The molecule has 2 aromatic heterocycles. The Balaban J connectivity index is 2.47. The van der Waals surface area contributed by atoms with Crippen LogP contribution in [0.2, 0.25) is 13.3 Å². The van der Waals surface area contributed by atoms with Crippen molar-refractivity contribution in [2.75, 3.05) is 0 Å². The van der Waals surface area contributed by atoms with E-state index in [2.05, 4.69) is 49.6 Å². The van der Waals surface area contributed by atoms with Gasteiger partial charge in [-0.2, -0.15) is 0 Å². The molecular weight excluding hydrogens is 395 g/mol. The van der Waals surface area contributed by atoms with Crippen LogP contribution in [-0.4, -0.2) is 27.8 Å². The standard InChI is InChI=1S/C6H5N2S.3C4H9.Sn/c1-5-3-8-4-7-2-6(8)9-5;3*1-3-4-2;/h2,4H,1H3;3*1,3-4H2,2H3;. The van der Waals surface area contributed by atoms with Gasteiger partial charge in [-0.25, -0.2) is 0 Å². The third-order valence-electron chi connectivity index (χ3n) is 4.97. The average Bonchev–Trinajstić information content (AvgIpc) is 3.07. The second-order valence-corrected chi connectivity index (χ2v) is 20.9. The zero-order valence-corrected chi connectivity index (χ0v) is 18.5. The van der Waals surface area contributed by atoms with E-state index in [0.717, 1.165) is 0 Å². The molecule has 0 aliphatic carbocycles. The Morgan fingerprint density at radius 3 is 2.05 bits per heavy atom. The van der Waals surface area contributed by atoms with E-state index in [1.807, 2.05) is 11.3 Å². The van der Waals surface area contributed by atoms with Crippen LogP contribution in [0.25, 0.3) is 4.83 Å². The maximum absolute atomic E-state index is 4.42. The molecule has 0 bridgehead atoms. The first kappa shape index (κ1) is 18.3. The number of fused-ring (bicyclic) bond motifs is 1. The fraction of sp³-hybridized carbons (Fsp3) is 0.722. The summed E-state index contributed by atoms with van der Waals surface area (Å²) in [5, 5.41) is 0. The van der Waals surface area contributed by atoms with Crippen molar-refractivity contribution >= 4 is 38.3 Å². The van der Waals surface area contributed by atoms with E-state index >= 15 is 0 Å². The summed E-state index contributed by atoms with van der Waals surface area (Å²) in [7, 11) is 0. The predicted molar refractivity (Wildman–Crippen MR) is 102 cm³/mol. The van der Waals surface area contributed by atoms with E-state index in [9.17, 15) is 0 Å². The van der Waals surface area contributed by atoms with Gasteiger partial charge in [0.05, 0.1) is 0 Å². The van der Waals surface area contributed by atoms with E-state index in [1.165, 1.54) is 56.7 Å². The number of aromatic nitrogens is 2. The van der Waals surface area contributed by atoms with Crippen molar-refractivity contribution in [3.63, 3.8) is 0 Å². The van der Waals surface area contributed by atoms with Crippen LogP contribution in [0, 0.1) is 6.92 Å². The molecule has 0 radical (unpaired) electrons. The van der Waals surface area contributed by atoms with Gasteiger partial charge in [0.15, 0.2) is 0 Å². The molecule has 0 aliphatic heterocycles. The van der Waals surface area contributed by atoms with E-state index in [0.29, 0.717) is 0 Å². The van der Waals surface area contributed by atoms with E-state index in [4.69, 9.17) is 0 Å². The topological polar surface area (TPSA) is 17.3 Å².